The van der Waals surface area contributed by atoms with Gasteiger partial charge in [0.1, 0.15) is 24.6 Å². The second-order valence-corrected chi connectivity index (χ2v) is 13.7. The summed E-state index contributed by atoms with van der Waals surface area (Å²) in [6.45, 7) is 7.36. The molecule has 0 unspecified atom stereocenters. The Morgan fingerprint density at radius 3 is 2.10 bits per heavy atom. The van der Waals surface area contributed by atoms with Gasteiger partial charge < -0.3 is 30.5 Å². The monoisotopic (exact) mass is 699 g/mol. The van der Waals surface area contributed by atoms with E-state index in [9.17, 15) is 24.6 Å². The van der Waals surface area contributed by atoms with E-state index in [4.69, 9.17) is 4.74 Å². The van der Waals surface area contributed by atoms with Gasteiger partial charge in [0.2, 0.25) is 11.5 Å². The second-order valence-electron chi connectivity index (χ2n) is 13.7. The van der Waals surface area contributed by atoms with Gasteiger partial charge in [-0.3, -0.25) is 14.4 Å². The minimum Gasteiger partial charge on any atom is -0.506 e. The molecule has 4 N–H and O–H groups in total. The van der Waals surface area contributed by atoms with Crippen LogP contribution in [0.1, 0.15) is 70.0 Å². The molecule has 0 atom stereocenters. The van der Waals surface area contributed by atoms with Crippen LogP contribution in [0.4, 0.5) is 11.4 Å². The van der Waals surface area contributed by atoms with Crippen molar-refractivity contribution in [1.82, 2.24) is 5.32 Å². The quantitative estimate of drug-likeness (QED) is 0.167. The Morgan fingerprint density at radius 2 is 1.48 bits per heavy atom. The van der Waals surface area contributed by atoms with Crippen molar-refractivity contribution in [3.8, 4) is 5.75 Å². The van der Waals surface area contributed by atoms with Gasteiger partial charge in [-0.15, -0.1) is 0 Å². The lowest BCUT2D eigenvalue weighted by Crippen LogP contribution is -2.32. The van der Waals surface area contributed by atoms with Crippen molar-refractivity contribution in [2.45, 2.75) is 46.1 Å². The van der Waals surface area contributed by atoms with E-state index in [1.54, 1.807) is 55.6 Å². The first-order valence-electron chi connectivity index (χ1n) is 17.8. The lowest BCUT2D eigenvalue weighted by Gasteiger charge is -2.29. The zero-order valence-electron chi connectivity index (χ0n) is 29.7. The molecule has 0 bridgehead atoms. The number of benzene rings is 3. The normalized spacial score (nSPS) is 18.7. The van der Waals surface area contributed by atoms with Gasteiger partial charge in [0.25, 0.3) is 11.8 Å². The van der Waals surface area contributed by atoms with Gasteiger partial charge in [-0.25, -0.2) is 4.58 Å². The lowest BCUT2D eigenvalue weighted by molar-refractivity contribution is -0.504. The molecule has 0 spiro atoms. The predicted octanol–water partition coefficient (Wildman–Crippen LogP) is 6.02. The van der Waals surface area contributed by atoms with Crippen LogP contribution in [0.5, 0.6) is 5.75 Å². The molecule has 2 aliphatic heterocycles. The highest BCUT2D eigenvalue weighted by molar-refractivity contribution is 6.40. The van der Waals surface area contributed by atoms with Gasteiger partial charge in [-0.05, 0) is 92.4 Å². The van der Waals surface area contributed by atoms with Crippen LogP contribution in [0, 0.1) is 6.92 Å². The number of nitrogens with zero attached hydrogens (tertiary/aromatic N) is 2. The average molecular weight is 700 g/mol. The zero-order chi connectivity index (χ0) is 36.5. The molecular formula is C42H43N4O6+. The van der Waals surface area contributed by atoms with Crippen LogP contribution in [-0.4, -0.2) is 71.4 Å². The molecular weight excluding hydrogens is 656 g/mol. The minimum absolute atomic E-state index is 0.103. The summed E-state index contributed by atoms with van der Waals surface area (Å²) in [5.41, 5.74) is 7.14. The Balaban J connectivity index is 1.30. The van der Waals surface area contributed by atoms with Crippen LogP contribution in [0.25, 0.3) is 5.57 Å². The van der Waals surface area contributed by atoms with E-state index in [0.29, 0.717) is 45.0 Å². The molecule has 7 rings (SSSR count). The molecule has 2 aliphatic carbocycles. The van der Waals surface area contributed by atoms with Crippen LogP contribution >= 0.6 is 0 Å². The van der Waals surface area contributed by atoms with E-state index in [1.165, 1.54) is 0 Å². The topological polar surface area (TPSA) is 131 Å². The van der Waals surface area contributed by atoms with Crippen molar-refractivity contribution in [1.29, 1.82) is 0 Å². The van der Waals surface area contributed by atoms with Gasteiger partial charge in [-0.1, -0.05) is 12.1 Å². The summed E-state index contributed by atoms with van der Waals surface area (Å²) in [5, 5.41) is 27.3. The number of amides is 2. The van der Waals surface area contributed by atoms with Gasteiger partial charge >= 0.3 is 0 Å². The van der Waals surface area contributed by atoms with E-state index in [-0.39, 0.29) is 41.1 Å². The first-order chi connectivity index (χ1) is 25.2. The maximum absolute atomic E-state index is 14.3. The fraction of sp³-hybridized carbons (Fsp3) is 0.286. The lowest BCUT2D eigenvalue weighted by atomic mass is 9.77. The number of ether oxygens (including phenoxy) is 1. The zero-order valence-corrected chi connectivity index (χ0v) is 29.7. The number of aliphatic hydroxyl groups is 2. The molecule has 2 heterocycles. The number of ketones is 1. The van der Waals surface area contributed by atoms with Crippen LogP contribution < -0.4 is 20.3 Å². The first-order valence-corrected chi connectivity index (χ1v) is 17.8. The number of anilines is 2. The third kappa shape index (κ3) is 6.57. The number of carbonyl (C=O) groups excluding carboxylic acids is 3. The molecule has 0 aromatic heterocycles. The van der Waals surface area contributed by atoms with Crippen LogP contribution in [-0.2, 0) is 11.4 Å². The van der Waals surface area contributed by atoms with Crippen molar-refractivity contribution in [2.75, 3.05) is 43.5 Å². The van der Waals surface area contributed by atoms with Crippen molar-refractivity contribution < 1.29 is 33.9 Å². The van der Waals surface area contributed by atoms with Crippen LogP contribution in [0.15, 0.2) is 101 Å². The number of Topliss-reactive ketones (excluding diaryl/α,β-unsaturated/α-hetero) is 1. The fourth-order valence-electron chi connectivity index (χ4n) is 7.41. The summed E-state index contributed by atoms with van der Waals surface area (Å²) in [7, 11) is 1.56. The summed E-state index contributed by atoms with van der Waals surface area (Å²) in [6.07, 6.45) is 8.02. The third-order valence-electron chi connectivity index (χ3n) is 10.3. The smallest absolute Gasteiger partial charge is 0.255 e. The molecule has 0 saturated carbocycles. The van der Waals surface area contributed by atoms with E-state index < -0.39 is 0 Å². The Bertz CT molecular complexity index is 2120. The summed E-state index contributed by atoms with van der Waals surface area (Å²) in [5.74, 6) is -0.701. The Morgan fingerprint density at radius 1 is 0.846 bits per heavy atom. The van der Waals surface area contributed by atoms with Gasteiger partial charge in [0, 0.05) is 65.5 Å². The number of aryl methyl sites for hydroxylation is 1. The summed E-state index contributed by atoms with van der Waals surface area (Å²) < 4.78 is 7.52. The van der Waals surface area contributed by atoms with Gasteiger partial charge in [0.05, 0.1) is 36.2 Å². The summed E-state index contributed by atoms with van der Waals surface area (Å²) in [4.78, 5) is 43.6. The van der Waals surface area contributed by atoms with E-state index in [1.807, 2.05) is 38.1 Å². The summed E-state index contributed by atoms with van der Waals surface area (Å²) >= 11 is 0. The van der Waals surface area contributed by atoms with Crippen molar-refractivity contribution in [3.63, 3.8) is 0 Å². The molecule has 3 aromatic carbocycles. The van der Waals surface area contributed by atoms with Gasteiger partial charge in [0.15, 0.2) is 0 Å². The second kappa shape index (κ2) is 14.5. The van der Waals surface area contributed by atoms with E-state index in [2.05, 4.69) is 20.1 Å². The maximum Gasteiger partial charge on any atom is 0.255 e. The largest absolute Gasteiger partial charge is 0.506 e. The molecule has 3 aromatic rings. The number of rotatable bonds is 8. The van der Waals surface area contributed by atoms with Crippen molar-refractivity contribution in [3.05, 3.63) is 129 Å². The average Bonchev–Trinajstić information content (AvgIpc) is 3.90. The first kappa shape index (κ1) is 34.7. The highest BCUT2D eigenvalue weighted by Crippen LogP contribution is 2.45. The predicted molar refractivity (Wildman–Crippen MR) is 201 cm³/mol. The summed E-state index contributed by atoms with van der Waals surface area (Å²) in [6, 6.07) is 17.2. The Labute approximate surface area is 303 Å². The Kier molecular flexibility index (Phi) is 9.66. The molecule has 52 heavy (non-hydrogen) atoms. The fourth-order valence-corrected chi connectivity index (χ4v) is 7.41. The number of nitrogens with one attached hydrogen (secondary N) is 2. The Hall–Kier alpha value is -5.74. The molecule has 10 heteroatoms. The number of carbonyl (C=O) groups is 3. The van der Waals surface area contributed by atoms with Crippen molar-refractivity contribution in [2.24, 2.45) is 0 Å². The van der Waals surface area contributed by atoms with Gasteiger partial charge in [-0.2, -0.15) is 0 Å². The SMILES string of the molecule is COc1ccc(C(=O)NC2=CC(=[N+]3CCCC3)C(C)=C/C2=C2/C(=O)C(c3cc(C)c(N4CCCC4)cc3NC(=O)c3ccc(CO)cc3)=C2O)cc1. The molecule has 10 nitrogen and oxygen atoms in total. The highest BCUT2D eigenvalue weighted by Gasteiger charge is 2.41. The maximum atomic E-state index is 14.3. The standard InChI is InChI=1S/C42H42N4O6/c1-25-20-31(33(22-35(25)45-16-4-5-17-45)43-41(50)28-10-8-27(24-47)9-11-28)37-39(48)38(40(37)49)32-21-26(2)36(46-18-6-7-19-46)23-34(32)44-42(51)29-12-14-30(52-3)15-13-29/h8-15,20-23,47H,4-7,16-19,24H2,1-3H3,(H2,43,44,48,49,50,51)/p+1. The molecule has 2 fully saturated rings. The van der Waals surface area contributed by atoms with E-state index in [0.717, 1.165) is 74.4 Å². The highest BCUT2D eigenvalue weighted by atomic mass is 16.5. The van der Waals surface area contributed by atoms with Crippen LogP contribution in [0.3, 0.4) is 0 Å². The number of aliphatic hydroxyl groups excluding tert-OH is 2. The number of hydrogen-bond donors (Lipinski definition) is 4. The number of methoxy groups -OCH3 is 1. The molecule has 0 radical (unpaired) electrons. The van der Waals surface area contributed by atoms with Crippen molar-refractivity contribution >= 4 is 40.3 Å². The molecule has 2 amide bonds. The minimum atomic E-state index is -0.387. The van der Waals surface area contributed by atoms with Crippen LogP contribution in [0.2, 0.25) is 0 Å². The van der Waals surface area contributed by atoms with E-state index >= 15 is 0 Å². The molecule has 4 aliphatic rings. The number of allylic oxidation sites excluding steroid dienone is 5. The molecule has 266 valence electrons. The molecule has 2 saturated heterocycles. The number of hydrogen-bond acceptors (Lipinski definition) is 7. The third-order valence-corrected chi connectivity index (χ3v) is 10.3.